The lowest BCUT2D eigenvalue weighted by Crippen LogP contribution is -2.29. The number of anilines is 2. The van der Waals surface area contributed by atoms with Gasteiger partial charge in [0.15, 0.2) is 4.32 Å². The third-order valence-corrected chi connectivity index (χ3v) is 5.48. The van der Waals surface area contributed by atoms with Crippen molar-refractivity contribution in [2.24, 2.45) is 0 Å². The zero-order valence-electron chi connectivity index (χ0n) is 14.2. The number of hydrogen-bond acceptors (Lipinski definition) is 6. The average molecular weight is 384 g/mol. The molecule has 0 bridgehead atoms. The second-order valence-electron chi connectivity index (χ2n) is 5.59. The maximum Gasteiger partial charge on any atom is 0.339 e. The summed E-state index contributed by atoms with van der Waals surface area (Å²) in [6.07, 6.45) is 0. The Kier molecular flexibility index (Phi) is 5.11. The standard InChI is InChI=1S/C19H16N2O3S2/c1-11(12-7-9-13(20)10-8-12)16-17(22)21(19(25)26-16)15-6-4-3-5-14(15)18(23)24-2/h3-10H,20H2,1-2H3/b16-11-. The van der Waals surface area contributed by atoms with E-state index in [1.807, 2.05) is 19.1 Å². The molecule has 2 aromatic rings. The van der Waals surface area contributed by atoms with E-state index in [4.69, 9.17) is 22.7 Å². The van der Waals surface area contributed by atoms with Crippen molar-refractivity contribution < 1.29 is 14.3 Å². The van der Waals surface area contributed by atoms with Crippen LogP contribution < -0.4 is 10.6 Å². The molecule has 132 valence electrons. The van der Waals surface area contributed by atoms with Crippen molar-refractivity contribution >= 4 is 57.1 Å². The number of benzene rings is 2. The first-order chi connectivity index (χ1) is 12.4. The summed E-state index contributed by atoms with van der Waals surface area (Å²) in [6.45, 7) is 1.87. The van der Waals surface area contributed by atoms with E-state index in [0.29, 0.717) is 20.6 Å². The maximum atomic E-state index is 13.0. The number of thioether (sulfide) groups is 1. The second kappa shape index (κ2) is 7.31. The number of rotatable bonds is 3. The molecule has 0 aliphatic carbocycles. The van der Waals surface area contributed by atoms with Crippen LogP contribution in [0, 0.1) is 0 Å². The molecule has 1 aliphatic rings. The number of nitrogen functional groups attached to an aromatic ring is 1. The lowest BCUT2D eigenvalue weighted by molar-refractivity contribution is -0.113. The first kappa shape index (κ1) is 18.2. The number of allylic oxidation sites excluding steroid dienone is 1. The number of carbonyl (C=O) groups excluding carboxylic acids is 2. The van der Waals surface area contributed by atoms with E-state index in [2.05, 4.69) is 0 Å². The molecule has 5 nitrogen and oxygen atoms in total. The molecule has 0 atom stereocenters. The average Bonchev–Trinajstić information content (AvgIpc) is 2.95. The van der Waals surface area contributed by atoms with Gasteiger partial charge in [0.05, 0.1) is 23.3 Å². The number of hydrogen-bond donors (Lipinski definition) is 1. The molecule has 2 aromatic carbocycles. The summed E-state index contributed by atoms with van der Waals surface area (Å²) >= 11 is 6.63. The fourth-order valence-electron chi connectivity index (χ4n) is 2.62. The topological polar surface area (TPSA) is 72.6 Å². The van der Waals surface area contributed by atoms with Crippen molar-refractivity contribution in [3.8, 4) is 0 Å². The summed E-state index contributed by atoms with van der Waals surface area (Å²) in [4.78, 5) is 27.0. The highest BCUT2D eigenvalue weighted by Crippen LogP contribution is 2.40. The lowest BCUT2D eigenvalue weighted by Gasteiger charge is -2.17. The van der Waals surface area contributed by atoms with Crippen LogP contribution >= 0.6 is 24.0 Å². The molecule has 1 amide bonds. The first-order valence-corrected chi connectivity index (χ1v) is 8.97. The number of ether oxygens (including phenoxy) is 1. The largest absolute Gasteiger partial charge is 0.465 e. The van der Waals surface area contributed by atoms with E-state index in [-0.39, 0.29) is 11.5 Å². The Hall–Kier alpha value is -2.64. The summed E-state index contributed by atoms with van der Waals surface area (Å²) in [7, 11) is 1.30. The van der Waals surface area contributed by atoms with Gasteiger partial charge in [0, 0.05) is 5.69 Å². The molecule has 0 spiro atoms. The Morgan fingerprint density at radius 1 is 1.15 bits per heavy atom. The van der Waals surface area contributed by atoms with Crippen LogP contribution in [0.3, 0.4) is 0 Å². The number of nitrogens with zero attached hydrogens (tertiary/aromatic N) is 1. The molecule has 26 heavy (non-hydrogen) atoms. The van der Waals surface area contributed by atoms with Gasteiger partial charge in [-0.05, 0) is 42.3 Å². The summed E-state index contributed by atoms with van der Waals surface area (Å²) in [5.41, 5.74) is 8.78. The summed E-state index contributed by atoms with van der Waals surface area (Å²) in [5, 5.41) is 0. The molecule has 1 fully saturated rings. The number of para-hydroxylation sites is 1. The first-order valence-electron chi connectivity index (χ1n) is 7.74. The van der Waals surface area contributed by atoms with Crippen LogP contribution in [0.15, 0.2) is 53.4 Å². The molecular formula is C19H16N2O3S2. The van der Waals surface area contributed by atoms with Crippen LogP contribution in [0.4, 0.5) is 11.4 Å². The van der Waals surface area contributed by atoms with Gasteiger partial charge < -0.3 is 10.5 Å². The molecular weight excluding hydrogens is 368 g/mol. The SMILES string of the molecule is COC(=O)c1ccccc1N1C(=O)/C(=C(\C)c2ccc(N)cc2)SC1=S. The molecule has 0 radical (unpaired) electrons. The quantitative estimate of drug-likeness (QED) is 0.375. The number of methoxy groups -OCH3 is 1. The third-order valence-electron chi connectivity index (χ3n) is 4.00. The normalized spacial score (nSPS) is 16.0. The van der Waals surface area contributed by atoms with Gasteiger partial charge in [-0.3, -0.25) is 9.69 Å². The van der Waals surface area contributed by atoms with E-state index in [1.165, 1.54) is 23.8 Å². The predicted octanol–water partition coefficient (Wildman–Crippen LogP) is 3.85. The fourth-order valence-corrected chi connectivity index (χ4v) is 3.95. The summed E-state index contributed by atoms with van der Waals surface area (Å²) < 4.78 is 5.18. The van der Waals surface area contributed by atoms with Gasteiger partial charge in [-0.15, -0.1) is 0 Å². The minimum Gasteiger partial charge on any atom is -0.465 e. The van der Waals surface area contributed by atoms with Gasteiger partial charge in [-0.25, -0.2) is 4.79 Å². The Morgan fingerprint density at radius 3 is 2.46 bits per heavy atom. The molecule has 0 unspecified atom stereocenters. The van der Waals surface area contributed by atoms with Crippen LogP contribution in [-0.2, 0) is 9.53 Å². The van der Waals surface area contributed by atoms with E-state index >= 15 is 0 Å². The van der Waals surface area contributed by atoms with E-state index < -0.39 is 5.97 Å². The zero-order chi connectivity index (χ0) is 18.8. The van der Waals surface area contributed by atoms with Crippen LogP contribution in [0.25, 0.3) is 5.57 Å². The maximum absolute atomic E-state index is 13.0. The molecule has 1 saturated heterocycles. The Morgan fingerprint density at radius 2 is 1.81 bits per heavy atom. The molecule has 2 N–H and O–H groups in total. The molecule has 7 heteroatoms. The second-order valence-corrected chi connectivity index (χ2v) is 7.24. The van der Waals surface area contributed by atoms with Crippen molar-refractivity contribution in [2.75, 3.05) is 17.7 Å². The lowest BCUT2D eigenvalue weighted by atomic mass is 10.1. The Bertz CT molecular complexity index is 936. The highest BCUT2D eigenvalue weighted by molar-refractivity contribution is 8.27. The number of amides is 1. The van der Waals surface area contributed by atoms with Crippen LogP contribution in [-0.4, -0.2) is 23.3 Å². The Labute approximate surface area is 160 Å². The smallest absolute Gasteiger partial charge is 0.339 e. The molecule has 0 aromatic heterocycles. The van der Waals surface area contributed by atoms with Crippen molar-refractivity contribution in [1.29, 1.82) is 0 Å². The highest BCUT2D eigenvalue weighted by atomic mass is 32.2. The van der Waals surface area contributed by atoms with Gasteiger partial charge in [0.25, 0.3) is 5.91 Å². The minimum absolute atomic E-state index is 0.259. The third kappa shape index (κ3) is 3.23. The monoisotopic (exact) mass is 384 g/mol. The molecule has 1 heterocycles. The van der Waals surface area contributed by atoms with Gasteiger partial charge >= 0.3 is 5.97 Å². The summed E-state index contributed by atoms with van der Waals surface area (Å²) in [5.74, 6) is -0.778. The van der Waals surface area contributed by atoms with Gasteiger partial charge in [0.1, 0.15) is 0 Å². The van der Waals surface area contributed by atoms with Crippen molar-refractivity contribution in [3.63, 3.8) is 0 Å². The van der Waals surface area contributed by atoms with Gasteiger partial charge in [0.2, 0.25) is 0 Å². The Balaban J connectivity index is 2.04. The zero-order valence-corrected chi connectivity index (χ0v) is 15.8. The molecule has 0 saturated carbocycles. The number of thiocarbonyl (C=S) groups is 1. The van der Waals surface area contributed by atoms with Crippen LogP contribution in [0.5, 0.6) is 0 Å². The molecule has 3 rings (SSSR count). The van der Waals surface area contributed by atoms with Crippen molar-refractivity contribution in [3.05, 3.63) is 64.6 Å². The van der Waals surface area contributed by atoms with Crippen LogP contribution in [0.2, 0.25) is 0 Å². The molecule has 1 aliphatic heterocycles. The summed E-state index contributed by atoms with van der Waals surface area (Å²) in [6, 6.07) is 14.0. The minimum atomic E-state index is -0.520. The fraction of sp³-hybridized carbons (Fsp3) is 0.105. The van der Waals surface area contributed by atoms with Crippen molar-refractivity contribution in [2.45, 2.75) is 6.92 Å². The van der Waals surface area contributed by atoms with E-state index in [1.54, 1.807) is 36.4 Å². The predicted molar refractivity (Wildman–Crippen MR) is 109 cm³/mol. The van der Waals surface area contributed by atoms with E-state index in [9.17, 15) is 9.59 Å². The number of carbonyl (C=O) groups is 2. The number of esters is 1. The van der Waals surface area contributed by atoms with Gasteiger partial charge in [-0.1, -0.05) is 48.2 Å². The van der Waals surface area contributed by atoms with Gasteiger partial charge in [-0.2, -0.15) is 0 Å². The highest BCUT2D eigenvalue weighted by Gasteiger charge is 2.36. The number of nitrogens with two attached hydrogens (primary N) is 1. The van der Waals surface area contributed by atoms with Crippen molar-refractivity contribution in [1.82, 2.24) is 0 Å². The van der Waals surface area contributed by atoms with Crippen LogP contribution in [0.1, 0.15) is 22.8 Å². The van der Waals surface area contributed by atoms with E-state index in [0.717, 1.165) is 11.1 Å².